The standard InChI is InChI=1S/C56H81NO31/c58-13-24-43-31(57-30(64)6-3-19-1-4-23(5-2-19)49(76)56-10-20-7-21(11-56)9-22(8-20)12-56)32(65)50(77-24)84-44-25(14-59)79-52(39(72)34(44)67)86-46-27(16-61)81-54(41(74)36(46)69)88-48-29(18-63)82-55(42(75)37(48)70)87-47-28(17-62)80-53(40(73)35(47)68)85-45-26(15-60)78-51(83-43)38(71)33(45)66/h1-6,20-22,24-29,31-48,50-55,58-63,65-75H,7-18H2,(H,57,64)/b6-3-/t20?,21?,22?,24-,25-,26-,27-,28-,29-,31-,32-,33-,34-,35-,36-,37-,38-,39-,40-,41-,42-,43-,44-,45-,46-,47-,48-,50-,51-,52-,53-,54-,55-,56?/m1/s1. The molecular formula is C56H81NO31. The van der Waals surface area contributed by atoms with Gasteiger partial charge in [0.25, 0.3) is 0 Å². The molecule has 1 aromatic carbocycles. The Hall–Kier alpha value is -3.06. The molecule has 16 bridgehead atoms. The molecule has 26 fully saturated rings. The zero-order chi connectivity index (χ0) is 62.8. The highest BCUT2D eigenvalue weighted by molar-refractivity contribution is 6.01. The number of aliphatic hydroxyl groups is 17. The van der Waals surface area contributed by atoms with E-state index in [9.17, 15) is 96.4 Å². The van der Waals surface area contributed by atoms with Crippen molar-refractivity contribution in [3.05, 3.63) is 41.5 Å². The summed E-state index contributed by atoms with van der Waals surface area (Å²) in [6.45, 7) is -6.19. The van der Waals surface area contributed by atoms with Gasteiger partial charge in [0.2, 0.25) is 5.91 Å². The molecule has 88 heavy (non-hydrogen) atoms. The van der Waals surface area contributed by atoms with E-state index in [0.717, 1.165) is 44.6 Å². The molecule has 22 saturated heterocycles. The smallest absolute Gasteiger partial charge is 0.244 e. The number of rotatable bonds is 11. The number of amides is 1. The van der Waals surface area contributed by atoms with E-state index in [1.54, 1.807) is 24.3 Å². The van der Waals surface area contributed by atoms with Crippen molar-refractivity contribution in [2.75, 3.05) is 39.6 Å². The van der Waals surface area contributed by atoms with E-state index >= 15 is 0 Å². The molecule has 1 aromatic rings. The summed E-state index contributed by atoms with van der Waals surface area (Å²) in [6.07, 6.45) is -49.1. The second-order valence-corrected chi connectivity index (χ2v) is 24.9. The first-order valence-corrected chi connectivity index (χ1v) is 29.8. The van der Waals surface area contributed by atoms with Gasteiger partial charge >= 0.3 is 0 Å². The van der Waals surface area contributed by atoms with E-state index in [0.29, 0.717) is 28.9 Å². The molecule has 18 N–H and O–H groups in total. The molecule has 1 amide bonds. The fourth-order valence-electron chi connectivity index (χ4n) is 14.9. The molecule has 30 atom stereocenters. The molecule has 0 radical (unpaired) electrons. The van der Waals surface area contributed by atoms with Gasteiger partial charge in [-0.15, -0.1) is 0 Å². The van der Waals surface area contributed by atoms with Gasteiger partial charge in [-0.2, -0.15) is 0 Å². The van der Waals surface area contributed by atoms with Crippen molar-refractivity contribution in [1.82, 2.24) is 5.32 Å². The van der Waals surface area contributed by atoms with Gasteiger partial charge in [-0.05, 0) is 67.9 Å². The Bertz CT molecular complexity index is 2490. The van der Waals surface area contributed by atoms with E-state index in [4.69, 9.17) is 56.8 Å². The number of aliphatic hydroxyl groups excluding tert-OH is 17. The first-order valence-electron chi connectivity index (χ1n) is 29.8. The summed E-state index contributed by atoms with van der Waals surface area (Å²) in [5, 5.41) is 193. The Morgan fingerprint density at radius 3 is 0.955 bits per heavy atom. The zero-order valence-corrected chi connectivity index (χ0v) is 47.3. The van der Waals surface area contributed by atoms with Crippen LogP contribution in [0.2, 0.25) is 0 Å². The lowest BCUT2D eigenvalue weighted by molar-refractivity contribution is -0.401. The topological polar surface area (TPSA) is 501 Å². The van der Waals surface area contributed by atoms with Crippen LogP contribution in [-0.4, -0.2) is 322 Å². The maximum Gasteiger partial charge on any atom is 0.244 e. The van der Waals surface area contributed by atoms with Gasteiger partial charge in [0.05, 0.1) is 45.7 Å². The molecule has 0 aromatic heterocycles. The van der Waals surface area contributed by atoms with Gasteiger partial charge in [0, 0.05) is 17.1 Å². The van der Waals surface area contributed by atoms with Gasteiger partial charge in [0.1, 0.15) is 140 Å². The number of hydrogen-bond donors (Lipinski definition) is 18. The summed E-state index contributed by atoms with van der Waals surface area (Å²) in [5.74, 6) is 0.803. The number of nitrogens with one attached hydrogen (secondary N) is 1. The van der Waals surface area contributed by atoms with Crippen LogP contribution in [0.15, 0.2) is 30.3 Å². The van der Waals surface area contributed by atoms with E-state index in [1.807, 2.05) is 0 Å². The highest BCUT2D eigenvalue weighted by Crippen LogP contribution is 2.61. The summed E-state index contributed by atoms with van der Waals surface area (Å²) in [7, 11) is 0. The SMILES string of the molecule is O=C(/C=C\c1ccc(C(=O)C23CC4CC(CC(C4)C2)C3)cc1)N[C@@H]1[C@@H](O)[C@H]2O[C@H]3[C@H](O)[C@@H](O)[C@@H](O[C@H]4[C@H](O)[C@@H](O)[C@@H](O[C@H]5[C@H](O)[C@@H](O)[C@@H](O[C@H]6[C@H](O)[C@@H](O)[C@@H](O[C@H]7[C@H](O)[C@@H](O)[C@@H](O[C@@H]1[C@@H](CO)O2)O[C@@H]7CO)O[C@@H]6CO)O[C@@H]5CO)O[C@@H]4CO)O[C@@H]3CO. The van der Waals surface area contributed by atoms with Crippen molar-refractivity contribution in [3.8, 4) is 0 Å². The van der Waals surface area contributed by atoms with Crippen molar-refractivity contribution >= 4 is 17.8 Å². The highest BCUT2D eigenvalue weighted by atomic mass is 16.8. The van der Waals surface area contributed by atoms with Gasteiger partial charge in [0.15, 0.2) is 43.5 Å². The summed E-state index contributed by atoms with van der Waals surface area (Å²) < 4.78 is 70.2. The number of ether oxygens (including phenoxy) is 12. The van der Waals surface area contributed by atoms with E-state index in [2.05, 4.69) is 5.32 Å². The first-order chi connectivity index (χ1) is 42.1. The fourth-order valence-corrected chi connectivity index (χ4v) is 14.9. The van der Waals surface area contributed by atoms with Crippen LogP contribution < -0.4 is 5.32 Å². The Kier molecular flexibility index (Phi) is 20.7. The van der Waals surface area contributed by atoms with Gasteiger partial charge in [-0.1, -0.05) is 24.3 Å². The normalized spacial score (nSPS) is 50.7. The molecule has 496 valence electrons. The van der Waals surface area contributed by atoms with Crippen LogP contribution in [0.1, 0.15) is 54.4 Å². The minimum atomic E-state index is -2.22. The van der Waals surface area contributed by atoms with Crippen molar-refractivity contribution < 1.29 is 153 Å². The van der Waals surface area contributed by atoms with Crippen LogP contribution in [0.3, 0.4) is 0 Å². The van der Waals surface area contributed by atoms with Gasteiger partial charge < -0.3 is 149 Å². The third kappa shape index (κ3) is 12.8. The van der Waals surface area contributed by atoms with Crippen LogP contribution in [0.5, 0.6) is 0 Å². The minimum absolute atomic E-state index is 0.101. The van der Waals surface area contributed by atoms with E-state index in [-0.39, 0.29) is 5.78 Å². The molecule has 32 heteroatoms. The Balaban J connectivity index is 0.876. The van der Waals surface area contributed by atoms with E-state index in [1.165, 1.54) is 6.08 Å². The second kappa shape index (κ2) is 27.5. The molecule has 27 rings (SSSR count). The summed E-state index contributed by atoms with van der Waals surface area (Å²) >= 11 is 0. The van der Waals surface area contributed by atoms with Crippen LogP contribution in [0.25, 0.3) is 6.08 Å². The molecular weight excluding hydrogens is 1180 g/mol. The average Bonchev–Trinajstić information content (AvgIpc) is 1.77. The van der Waals surface area contributed by atoms with Crippen LogP contribution in [0, 0.1) is 23.2 Å². The minimum Gasteiger partial charge on any atom is -0.394 e. The lowest BCUT2D eigenvalue weighted by Gasteiger charge is -2.56. The van der Waals surface area contributed by atoms with Gasteiger partial charge in [-0.25, -0.2) is 0 Å². The van der Waals surface area contributed by atoms with Crippen LogP contribution >= 0.6 is 0 Å². The van der Waals surface area contributed by atoms with Crippen LogP contribution in [0.4, 0.5) is 0 Å². The maximum atomic E-state index is 14.1. The second-order valence-electron chi connectivity index (χ2n) is 24.9. The summed E-state index contributed by atoms with van der Waals surface area (Å²) in [4.78, 5) is 28.1. The lowest BCUT2D eigenvalue weighted by Crippen LogP contribution is -2.70. The Labute approximate surface area is 502 Å². The van der Waals surface area contributed by atoms with Crippen LogP contribution in [-0.2, 0) is 61.6 Å². The molecule has 32 nitrogen and oxygen atoms in total. The van der Waals surface area contributed by atoms with Crippen molar-refractivity contribution in [2.24, 2.45) is 23.2 Å². The molecule has 22 aliphatic heterocycles. The summed E-state index contributed by atoms with van der Waals surface area (Å²) in [5.41, 5.74) is 0.637. The van der Waals surface area contributed by atoms with Gasteiger partial charge in [-0.3, -0.25) is 9.59 Å². The van der Waals surface area contributed by atoms with Crippen molar-refractivity contribution in [1.29, 1.82) is 0 Å². The number of ketones is 1. The first kappa shape index (κ1) is 66.4. The number of benzene rings is 1. The van der Waals surface area contributed by atoms with Crippen molar-refractivity contribution in [2.45, 2.75) is 223 Å². The number of hydrogen-bond acceptors (Lipinski definition) is 31. The molecule has 4 saturated carbocycles. The summed E-state index contributed by atoms with van der Waals surface area (Å²) in [6, 6.07) is 4.91. The number of Topliss-reactive ketones (excluding diaryl/α,β-unsaturated/α-hetero) is 1. The third-order valence-electron chi connectivity index (χ3n) is 19.1. The molecule has 22 heterocycles. The lowest BCUT2D eigenvalue weighted by atomic mass is 9.48. The highest BCUT2D eigenvalue weighted by Gasteiger charge is 2.60. The predicted molar refractivity (Wildman–Crippen MR) is 282 cm³/mol. The molecule has 26 aliphatic rings. The quantitative estimate of drug-likeness (QED) is 0.0723. The van der Waals surface area contributed by atoms with E-state index < -0.39 is 235 Å². The molecule has 0 unspecified atom stereocenters. The zero-order valence-electron chi connectivity index (χ0n) is 47.3. The maximum absolute atomic E-state index is 14.1. The number of carbonyl (C=O) groups excluding carboxylic acids is 2. The number of carbonyl (C=O) groups is 2. The monoisotopic (exact) mass is 1260 g/mol. The van der Waals surface area contributed by atoms with Crippen molar-refractivity contribution in [3.63, 3.8) is 0 Å². The molecule has 4 aliphatic carbocycles. The Morgan fingerprint density at radius 2 is 0.659 bits per heavy atom. The fraction of sp³-hybridized carbons (Fsp3) is 0.821. The largest absolute Gasteiger partial charge is 0.394 e. The third-order valence-corrected chi connectivity index (χ3v) is 19.1. The predicted octanol–water partition coefficient (Wildman–Crippen LogP) is -8.82. The molecule has 0 spiro atoms. The Morgan fingerprint density at radius 1 is 0.386 bits per heavy atom. The average molecular weight is 1260 g/mol.